The Morgan fingerprint density at radius 1 is 1.35 bits per heavy atom. The molecule has 3 N–H and O–H groups in total. The standard InChI is InChI=1S/C10H12F3NO2.ClH/c1-16-8-3-6(9(14)5-15)2-7(4-8)10(11,12)13;/h2-4,9,15H,5,14H2,1H3;1H/t9-;/m0./s1. The number of ether oxygens (including phenoxy) is 1. The molecule has 0 aromatic heterocycles. The smallest absolute Gasteiger partial charge is 0.416 e. The summed E-state index contributed by atoms with van der Waals surface area (Å²) in [7, 11) is 1.27. The van der Waals surface area contributed by atoms with E-state index >= 15 is 0 Å². The molecule has 0 aliphatic rings. The summed E-state index contributed by atoms with van der Waals surface area (Å²) in [4.78, 5) is 0. The summed E-state index contributed by atoms with van der Waals surface area (Å²) in [6.45, 7) is -0.426. The Kier molecular flexibility index (Phi) is 5.74. The first-order chi connectivity index (χ1) is 7.38. The summed E-state index contributed by atoms with van der Waals surface area (Å²) in [6, 6.07) is 2.31. The first kappa shape index (κ1) is 16.0. The van der Waals surface area contributed by atoms with E-state index in [2.05, 4.69) is 0 Å². The molecule has 0 aliphatic carbocycles. The molecule has 1 aromatic rings. The summed E-state index contributed by atoms with van der Waals surface area (Å²) >= 11 is 0. The van der Waals surface area contributed by atoms with Crippen molar-refractivity contribution in [1.29, 1.82) is 0 Å². The number of hydrogen-bond acceptors (Lipinski definition) is 3. The Balaban J connectivity index is 0.00000256. The third kappa shape index (κ3) is 4.07. The van der Waals surface area contributed by atoms with E-state index in [-0.39, 0.29) is 23.7 Å². The largest absolute Gasteiger partial charge is 0.497 e. The van der Waals surface area contributed by atoms with Gasteiger partial charge in [0.25, 0.3) is 0 Å². The van der Waals surface area contributed by atoms with Crippen LogP contribution in [0.2, 0.25) is 0 Å². The third-order valence-electron chi connectivity index (χ3n) is 2.12. The molecule has 0 spiro atoms. The monoisotopic (exact) mass is 271 g/mol. The molecular weight excluding hydrogens is 259 g/mol. The number of halogens is 4. The average Bonchev–Trinajstić information content (AvgIpc) is 2.26. The number of hydrogen-bond donors (Lipinski definition) is 2. The van der Waals surface area contributed by atoms with Gasteiger partial charge in [-0.15, -0.1) is 12.4 Å². The molecule has 0 radical (unpaired) electrons. The molecule has 0 saturated carbocycles. The predicted molar refractivity (Wildman–Crippen MR) is 59.3 cm³/mol. The maximum atomic E-state index is 12.5. The van der Waals surface area contributed by atoms with Crippen molar-refractivity contribution in [1.82, 2.24) is 0 Å². The summed E-state index contributed by atoms with van der Waals surface area (Å²) in [6.07, 6.45) is -4.46. The molecule has 0 bridgehead atoms. The summed E-state index contributed by atoms with van der Waals surface area (Å²) < 4.78 is 42.2. The topological polar surface area (TPSA) is 55.5 Å². The summed E-state index contributed by atoms with van der Waals surface area (Å²) in [5.41, 5.74) is 4.80. The number of aliphatic hydroxyl groups excluding tert-OH is 1. The Hall–Kier alpha value is -0.980. The van der Waals surface area contributed by atoms with Gasteiger partial charge in [-0.25, -0.2) is 0 Å². The molecule has 0 heterocycles. The van der Waals surface area contributed by atoms with Crippen molar-refractivity contribution < 1.29 is 23.0 Å². The lowest BCUT2D eigenvalue weighted by Gasteiger charge is -2.14. The van der Waals surface area contributed by atoms with Gasteiger partial charge in [0.15, 0.2) is 0 Å². The van der Waals surface area contributed by atoms with Gasteiger partial charge in [-0.3, -0.25) is 0 Å². The predicted octanol–water partition coefficient (Wildman–Crippen LogP) is 2.13. The van der Waals surface area contributed by atoms with E-state index in [1.54, 1.807) is 0 Å². The van der Waals surface area contributed by atoms with Crippen LogP contribution in [0.15, 0.2) is 18.2 Å². The summed E-state index contributed by atoms with van der Waals surface area (Å²) in [5, 5.41) is 8.80. The maximum Gasteiger partial charge on any atom is 0.416 e. The zero-order chi connectivity index (χ0) is 12.3. The van der Waals surface area contributed by atoms with Crippen molar-refractivity contribution >= 4 is 12.4 Å². The molecule has 1 aromatic carbocycles. The molecule has 0 unspecified atom stereocenters. The van der Waals surface area contributed by atoms with Crippen LogP contribution < -0.4 is 10.5 Å². The molecule has 0 saturated heterocycles. The van der Waals surface area contributed by atoms with Gasteiger partial charge < -0.3 is 15.6 Å². The molecular formula is C10H13ClF3NO2. The van der Waals surface area contributed by atoms with Gasteiger partial charge in [0.2, 0.25) is 0 Å². The average molecular weight is 272 g/mol. The zero-order valence-electron chi connectivity index (χ0n) is 8.99. The highest BCUT2D eigenvalue weighted by Gasteiger charge is 2.31. The molecule has 1 atom stereocenters. The van der Waals surface area contributed by atoms with Gasteiger partial charge in [0, 0.05) is 0 Å². The molecule has 0 aliphatic heterocycles. The minimum atomic E-state index is -4.46. The van der Waals surface area contributed by atoms with E-state index in [0.29, 0.717) is 0 Å². The second-order valence-corrected chi connectivity index (χ2v) is 3.28. The minimum Gasteiger partial charge on any atom is -0.497 e. The Morgan fingerprint density at radius 3 is 2.35 bits per heavy atom. The molecule has 0 fully saturated rings. The zero-order valence-corrected chi connectivity index (χ0v) is 9.81. The van der Waals surface area contributed by atoms with Crippen LogP contribution in [0.4, 0.5) is 13.2 Å². The van der Waals surface area contributed by atoms with E-state index in [0.717, 1.165) is 12.1 Å². The van der Waals surface area contributed by atoms with Gasteiger partial charge in [0.1, 0.15) is 5.75 Å². The van der Waals surface area contributed by atoms with E-state index in [9.17, 15) is 13.2 Å². The number of benzene rings is 1. The third-order valence-corrected chi connectivity index (χ3v) is 2.12. The SMILES string of the molecule is COc1cc([C@@H](N)CO)cc(C(F)(F)F)c1.Cl. The summed E-state index contributed by atoms with van der Waals surface area (Å²) in [5.74, 6) is 0.0636. The van der Waals surface area contributed by atoms with Gasteiger partial charge in [-0.05, 0) is 23.8 Å². The normalized spacial score (nSPS) is 12.8. The first-order valence-electron chi connectivity index (χ1n) is 4.51. The molecule has 98 valence electrons. The highest BCUT2D eigenvalue weighted by atomic mass is 35.5. The molecule has 0 amide bonds. The van der Waals surface area contributed by atoms with Crippen molar-refractivity contribution in [3.8, 4) is 5.75 Å². The number of methoxy groups -OCH3 is 1. The van der Waals surface area contributed by atoms with Crippen LogP contribution in [0.25, 0.3) is 0 Å². The Bertz CT molecular complexity index is 371. The van der Waals surface area contributed by atoms with Gasteiger partial charge in [0.05, 0.1) is 25.3 Å². The number of aliphatic hydroxyl groups is 1. The number of rotatable bonds is 3. The molecule has 1 rings (SSSR count). The maximum absolute atomic E-state index is 12.5. The van der Waals surface area contributed by atoms with Crippen LogP contribution in [0.5, 0.6) is 5.75 Å². The van der Waals surface area contributed by atoms with E-state index < -0.39 is 24.4 Å². The van der Waals surface area contributed by atoms with E-state index in [1.165, 1.54) is 13.2 Å². The fourth-order valence-electron chi connectivity index (χ4n) is 1.22. The first-order valence-corrected chi connectivity index (χ1v) is 4.51. The van der Waals surface area contributed by atoms with Gasteiger partial charge in [-0.1, -0.05) is 0 Å². The highest BCUT2D eigenvalue weighted by Crippen LogP contribution is 2.33. The van der Waals surface area contributed by atoms with Crippen molar-refractivity contribution in [2.75, 3.05) is 13.7 Å². The molecule has 7 heteroatoms. The second kappa shape index (κ2) is 6.09. The van der Waals surface area contributed by atoms with Crippen molar-refractivity contribution in [2.24, 2.45) is 5.73 Å². The Labute approximate surface area is 103 Å². The van der Waals surface area contributed by atoms with Gasteiger partial charge in [-0.2, -0.15) is 13.2 Å². The van der Waals surface area contributed by atoms with Crippen molar-refractivity contribution in [3.63, 3.8) is 0 Å². The lowest BCUT2D eigenvalue weighted by Crippen LogP contribution is -2.16. The van der Waals surface area contributed by atoms with Crippen molar-refractivity contribution in [3.05, 3.63) is 29.3 Å². The van der Waals surface area contributed by atoms with E-state index in [4.69, 9.17) is 15.6 Å². The van der Waals surface area contributed by atoms with Crippen LogP contribution in [0, 0.1) is 0 Å². The number of nitrogens with two attached hydrogens (primary N) is 1. The van der Waals surface area contributed by atoms with Crippen LogP contribution in [-0.2, 0) is 6.18 Å². The second-order valence-electron chi connectivity index (χ2n) is 3.28. The highest BCUT2D eigenvalue weighted by molar-refractivity contribution is 5.85. The van der Waals surface area contributed by atoms with Crippen molar-refractivity contribution in [2.45, 2.75) is 12.2 Å². The molecule has 3 nitrogen and oxygen atoms in total. The fraction of sp³-hybridized carbons (Fsp3) is 0.400. The van der Waals surface area contributed by atoms with Gasteiger partial charge >= 0.3 is 6.18 Å². The Morgan fingerprint density at radius 2 is 1.94 bits per heavy atom. The lowest BCUT2D eigenvalue weighted by atomic mass is 10.0. The van der Waals surface area contributed by atoms with E-state index in [1.807, 2.05) is 0 Å². The van der Waals surface area contributed by atoms with Crippen LogP contribution in [0.1, 0.15) is 17.2 Å². The lowest BCUT2D eigenvalue weighted by molar-refractivity contribution is -0.137. The number of alkyl halides is 3. The quantitative estimate of drug-likeness (QED) is 0.885. The molecule has 17 heavy (non-hydrogen) atoms. The van der Waals surface area contributed by atoms with Crippen LogP contribution in [0.3, 0.4) is 0 Å². The minimum absolute atomic E-state index is 0. The fourth-order valence-corrected chi connectivity index (χ4v) is 1.22. The van der Waals surface area contributed by atoms with Crippen LogP contribution >= 0.6 is 12.4 Å². The van der Waals surface area contributed by atoms with Crippen LogP contribution in [-0.4, -0.2) is 18.8 Å².